The average Bonchev–Trinajstić information content (AvgIpc) is 2.59. The lowest BCUT2D eigenvalue weighted by atomic mass is 9.95. The predicted molar refractivity (Wildman–Crippen MR) is 101 cm³/mol. The third-order valence-corrected chi connectivity index (χ3v) is 3.47. The first-order valence-corrected chi connectivity index (χ1v) is 8.47. The van der Waals surface area contributed by atoms with Gasteiger partial charge in [0, 0.05) is 31.3 Å². The van der Waals surface area contributed by atoms with E-state index in [-0.39, 0.29) is 11.2 Å². The predicted octanol–water partition coefficient (Wildman–Crippen LogP) is 4.16. The van der Waals surface area contributed by atoms with Crippen LogP contribution >= 0.6 is 0 Å². The van der Waals surface area contributed by atoms with Crippen LogP contribution in [0.1, 0.15) is 51.1 Å². The molecular weight excluding hydrogens is 308 g/mol. The maximum atomic E-state index is 9.06. The fourth-order valence-electron chi connectivity index (χ4n) is 2.47. The summed E-state index contributed by atoms with van der Waals surface area (Å²) < 4.78 is 0. The van der Waals surface area contributed by atoms with Crippen molar-refractivity contribution in [2.24, 2.45) is 5.41 Å². The molecule has 4 heteroatoms. The molecule has 4 nitrogen and oxygen atoms in total. The van der Waals surface area contributed by atoms with Crippen molar-refractivity contribution >= 4 is 5.82 Å². The van der Waals surface area contributed by atoms with Gasteiger partial charge in [-0.3, -0.25) is 0 Å². The van der Waals surface area contributed by atoms with Crippen LogP contribution in [0.25, 0.3) is 0 Å². The molecule has 2 aromatic rings. The molecule has 0 aliphatic carbocycles. The Morgan fingerprint density at radius 2 is 1.84 bits per heavy atom. The van der Waals surface area contributed by atoms with Crippen molar-refractivity contribution < 1.29 is 0 Å². The molecule has 0 aliphatic rings. The third kappa shape index (κ3) is 5.94. The van der Waals surface area contributed by atoms with E-state index in [4.69, 9.17) is 5.26 Å². The molecule has 0 aliphatic heterocycles. The summed E-state index contributed by atoms with van der Waals surface area (Å²) in [6, 6.07) is 12.2. The van der Waals surface area contributed by atoms with Gasteiger partial charge in [-0.1, -0.05) is 51.7 Å². The van der Waals surface area contributed by atoms with Crippen molar-refractivity contribution in [3.63, 3.8) is 0 Å². The molecule has 0 saturated carbocycles. The van der Waals surface area contributed by atoms with Crippen molar-refractivity contribution in [3.05, 3.63) is 53.5 Å². The minimum atomic E-state index is 0.101. The SMILES string of the molecule is CCC#Cc1ccc(CN(CC(C)(C)C)c2ccnc(C#N)n2)cc1. The minimum absolute atomic E-state index is 0.101. The molecular formula is C21H24N4. The second-order valence-electron chi connectivity index (χ2n) is 7.12. The summed E-state index contributed by atoms with van der Waals surface area (Å²) in [6.07, 6.45) is 2.50. The lowest BCUT2D eigenvalue weighted by molar-refractivity contribution is 0.407. The van der Waals surface area contributed by atoms with Gasteiger partial charge in [-0.05, 0) is 29.2 Å². The van der Waals surface area contributed by atoms with Crippen molar-refractivity contribution in [1.29, 1.82) is 5.26 Å². The minimum Gasteiger partial charge on any atom is -0.352 e. The highest BCUT2D eigenvalue weighted by molar-refractivity contribution is 5.42. The van der Waals surface area contributed by atoms with Crippen LogP contribution in [0.5, 0.6) is 0 Å². The number of hydrogen-bond acceptors (Lipinski definition) is 4. The van der Waals surface area contributed by atoms with E-state index in [9.17, 15) is 0 Å². The van der Waals surface area contributed by atoms with Gasteiger partial charge >= 0.3 is 0 Å². The summed E-state index contributed by atoms with van der Waals surface area (Å²) in [5, 5.41) is 9.06. The number of nitrogens with zero attached hydrogens (tertiary/aromatic N) is 4. The second kappa shape index (κ2) is 8.31. The maximum absolute atomic E-state index is 9.06. The molecule has 0 saturated heterocycles. The zero-order valence-electron chi connectivity index (χ0n) is 15.4. The molecule has 0 fully saturated rings. The Kier molecular flexibility index (Phi) is 6.14. The van der Waals surface area contributed by atoms with Crippen LogP contribution in [0.2, 0.25) is 0 Å². The summed E-state index contributed by atoms with van der Waals surface area (Å²) >= 11 is 0. The van der Waals surface area contributed by atoms with Crippen molar-refractivity contribution in [3.8, 4) is 17.9 Å². The van der Waals surface area contributed by atoms with Crippen LogP contribution in [0.4, 0.5) is 5.82 Å². The van der Waals surface area contributed by atoms with Gasteiger partial charge in [0.15, 0.2) is 0 Å². The van der Waals surface area contributed by atoms with E-state index in [2.05, 4.69) is 59.6 Å². The normalized spacial score (nSPS) is 10.5. The van der Waals surface area contributed by atoms with E-state index in [0.29, 0.717) is 0 Å². The van der Waals surface area contributed by atoms with E-state index in [1.807, 2.05) is 31.2 Å². The van der Waals surface area contributed by atoms with Crippen LogP contribution in [-0.2, 0) is 6.54 Å². The fraction of sp³-hybridized carbons (Fsp3) is 0.381. The summed E-state index contributed by atoms with van der Waals surface area (Å²) in [5.74, 6) is 7.20. The third-order valence-electron chi connectivity index (χ3n) is 3.47. The van der Waals surface area contributed by atoms with Crippen LogP contribution in [0.3, 0.4) is 0 Å². The van der Waals surface area contributed by atoms with E-state index < -0.39 is 0 Å². The van der Waals surface area contributed by atoms with Crippen LogP contribution in [0, 0.1) is 28.6 Å². The Hall–Kier alpha value is -2.85. The Balaban J connectivity index is 2.25. The highest BCUT2D eigenvalue weighted by atomic mass is 15.2. The Bertz CT molecular complexity index is 799. The van der Waals surface area contributed by atoms with Gasteiger partial charge in [-0.25, -0.2) is 9.97 Å². The van der Waals surface area contributed by atoms with Crippen molar-refractivity contribution in [2.45, 2.75) is 40.7 Å². The van der Waals surface area contributed by atoms with Gasteiger partial charge in [-0.15, -0.1) is 0 Å². The number of anilines is 1. The smallest absolute Gasteiger partial charge is 0.234 e. The topological polar surface area (TPSA) is 52.8 Å². The molecule has 2 rings (SSSR count). The summed E-state index contributed by atoms with van der Waals surface area (Å²) in [7, 11) is 0. The lowest BCUT2D eigenvalue weighted by Gasteiger charge is -2.31. The molecule has 0 amide bonds. The number of hydrogen-bond donors (Lipinski definition) is 0. The maximum Gasteiger partial charge on any atom is 0.234 e. The van der Waals surface area contributed by atoms with Gasteiger partial charge in [0.05, 0.1) is 0 Å². The monoisotopic (exact) mass is 332 g/mol. The fourth-order valence-corrected chi connectivity index (χ4v) is 2.47. The Morgan fingerprint density at radius 3 is 2.44 bits per heavy atom. The molecule has 0 spiro atoms. The van der Waals surface area contributed by atoms with Gasteiger partial charge < -0.3 is 4.90 Å². The van der Waals surface area contributed by atoms with Crippen LogP contribution in [0.15, 0.2) is 36.5 Å². The summed E-state index contributed by atoms with van der Waals surface area (Å²) in [5.41, 5.74) is 2.31. The van der Waals surface area contributed by atoms with Crippen LogP contribution < -0.4 is 4.90 Å². The quantitative estimate of drug-likeness (QED) is 0.789. The summed E-state index contributed by atoms with van der Waals surface area (Å²) in [6.45, 7) is 10.2. The molecule has 1 heterocycles. The van der Waals surface area contributed by atoms with E-state index in [0.717, 1.165) is 30.9 Å². The number of rotatable bonds is 4. The first-order valence-electron chi connectivity index (χ1n) is 8.47. The average molecular weight is 332 g/mol. The highest BCUT2D eigenvalue weighted by Gasteiger charge is 2.18. The van der Waals surface area contributed by atoms with E-state index in [1.54, 1.807) is 6.20 Å². The van der Waals surface area contributed by atoms with Crippen molar-refractivity contribution in [2.75, 3.05) is 11.4 Å². The van der Waals surface area contributed by atoms with Crippen molar-refractivity contribution in [1.82, 2.24) is 9.97 Å². The molecule has 0 N–H and O–H groups in total. The zero-order valence-corrected chi connectivity index (χ0v) is 15.4. The van der Waals surface area contributed by atoms with Crippen LogP contribution in [-0.4, -0.2) is 16.5 Å². The molecule has 128 valence electrons. The van der Waals surface area contributed by atoms with Gasteiger partial charge in [0.25, 0.3) is 0 Å². The Labute approximate surface area is 150 Å². The largest absolute Gasteiger partial charge is 0.352 e. The molecule has 1 aromatic heterocycles. The Morgan fingerprint density at radius 1 is 1.12 bits per heavy atom. The number of aromatic nitrogens is 2. The highest BCUT2D eigenvalue weighted by Crippen LogP contribution is 2.22. The second-order valence-corrected chi connectivity index (χ2v) is 7.12. The van der Waals surface area contributed by atoms with E-state index >= 15 is 0 Å². The standard InChI is InChI=1S/C21H24N4/c1-5-6-7-17-8-10-18(11-9-17)15-25(16-21(2,3)4)20-12-13-23-19(14-22)24-20/h8-13H,5,15-16H2,1-4H3. The van der Waals surface area contributed by atoms with Gasteiger partial charge in [-0.2, -0.15) is 5.26 Å². The van der Waals surface area contributed by atoms with E-state index in [1.165, 1.54) is 5.56 Å². The molecule has 25 heavy (non-hydrogen) atoms. The molecule has 0 atom stereocenters. The van der Waals surface area contributed by atoms with Gasteiger partial charge in [0.2, 0.25) is 5.82 Å². The zero-order chi connectivity index (χ0) is 18.3. The number of nitriles is 1. The van der Waals surface area contributed by atoms with Gasteiger partial charge in [0.1, 0.15) is 11.9 Å². The first-order chi connectivity index (χ1) is 11.9. The molecule has 1 aromatic carbocycles. The summed E-state index contributed by atoms with van der Waals surface area (Å²) in [4.78, 5) is 10.5. The molecule has 0 bridgehead atoms. The first kappa shape index (κ1) is 18.5. The molecule has 0 unspecified atom stereocenters. The number of benzene rings is 1. The lowest BCUT2D eigenvalue weighted by Crippen LogP contribution is -2.33. The molecule has 0 radical (unpaired) electrons.